The molecule has 1 aromatic rings. The Labute approximate surface area is 116 Å². The van der Waals surface area contributed by atoms with E-state index in [1.165, 1.54) is 25.7 Å². The van der Waals surface area contributed by atoms with Crippen molar-refractivity contribution in [2.75, 3.05) is 0 Å². The van der Waals surface area contributed by atoms with E-state index in [0.29, 0.717) is 6.10 Å². The summed E-state index contributed by atoms with van der Waals surface area (Å²) in [5.41, 5.74) is 6.99. The molecule has 1 aromatic heterocycles. The van der Waals surface area contributed by atoms with E-state index in [4.69, 9.17) is 10.5 Å². The highest BCUT2D eigenvalue weighted by Crippen LogP contribution is 2.26. The summed E-state index contributed by atoms with van der Waals surface area (Å²) in [7, 11) is 0. The molecule has 2 N–H and O–H groups in total. The fraction of sp³-hybridized carbons (Fsp3) is 0.688. The van der Waals surface area contributed by atoms with Gasteiger partial charge in [-0.15, -0.1) is 0 Å². The second-order valence-electron chi connectivity index (χ2n) is 5.86. The Balaban J connectivity index is 1.84. The molecule has 0 radical (unpaired) electrons. The number of rotatable bonds is 5. The molecule has 1 unspecified atom stereocenters. The lowest BCUT2D eigenvalue weighted by Crippen LogP contribution is -2.23. The Morgan fingerprint density at radius 1 is 1.32 bits per heavy atom. The van der Waals surface area contributed by atoms with E-state index in [9.17, 15) is 0 Å². The number of pyridine rings is 1. The van der Waals surface area contributed by atoms with Gasteiger partial charge in [0.2, 0.25) is 0 Å². The molecule has 0 aliphatic heterocycles. The summed E-state index contributed by atoms with van der Waals surface area (Å²) in [6, 6.07) is 4.28. The molecule has 106 valence electrons. The van der Waals surface area contributed by atoms with Crippen molar-refractivity contribution in [1.82, 2.24) is 4.98 Å². The van der Waals surface area contributed by atoms with E-state index in [0.717, 1.165) is 30.2 Å². The van der Waals surface area contributed by atoms with Crippen molar-refractivity contribution in [2.45, 2.75) is 64.5 Å². The number of nitrogens with two attached hydrogens (primary N) is 1. The summed E-state index contributed by atoms with van der Waals surface area (Å²) in [4.78, 5) is 4.44. The average molecular weight is 262 g/mol. The summed E-state index contributed by atoms with van der Waals surface area (Å²) < 4.78 is 6.00. The van der Waals surface area contributed by atoms with Crippen molar-refractivity contribution in [3.8, 4) is 5.75 Å². The molecule has 1 atom stereocenters. The third-order valence-electron chi connectivity index (χ3n) is 4.06. The van der Waals surface area contributed by atoms with Gasteiger partial charge in [-0.05, 0) is 50.2 Å². The SMILES string of the molecule is CCC(N)Cc1ccc(OC2CCC(C)CC2)cn1. The van der Waals surface area contributed by atoms with Crippen LogP contribution in [0.5, 0.6) is 5.75 Å². The van der Waals surface area contributed by atoms with Crippen LogP contribution in [-0.4, -0.2) is 17.1 Å². The average Bonchev–Trinajstić information content (AvgIpc) is 2.43. The van der Waals surface area contributed by atoms with Gasteiger partial charge < -0.3 is 10.5 Å². The Morgan fingerprint density at radius 3 is 2.63 bits per heavy atom. The van der Waals surface area contributed by atoms with Crippen molar-refractivity contribution in [1.29, 1.82) is 0 Å². The van der Waals surface area contributed by atoms with Crippen molar-refractivity contribution >= 4 is 0 Å². The molecule has 0 saturated heterocycles. The maximum atomic E-state index is 6.00. The van der Waals surface area contributed by atoms with Crippen LogP contribution in [0.2, 0.25) is 0 Å². The van der Waals surface area contributed by atoms with Crippen LogP contribution in [0.1, 0.15) is 51.6 Å². The molecule has 1 fully saturated rings. The fourth-order valence-corrected chi connectivity index (χ4v) is 2.55. The standard InChI is InChI=1S/C16H26N2O/c1-3-13(17)10-14-6-9-16(11-18-14)19-15-7-4-12(2)5-8-15/h6,9,11-13,15H,3-5,7-8,10,17H2,1-2H3. The highest BCUT2D eigenvalue weighted by molar-refractivity contribution is 5.20. The van der Waals surface area contributed by atoms with Crippen molar-refractivity contribution in [2.24, 2.45) is 11.7 Å². The zero-order valence-electron chi connectivity index (χ0n) is 12.1. The molecular weight excluding hydrogens is 236 g/mol. The van der Waals surface area contributed by atoms with Crippen LogP contribution in [-0.2, 0) is 6.42 Å². The lowest BCUT2D eigenvalue weighted by molar-refractivity contribution is 0.135. The summed E-state index contributed by atoms with van der Waals surface area (Å²) in [6.07, 6.45) is 8.95. The van der Waals surface area contributed by atoms with Gasteiger partial charge in [0, 0.05) is 18.2 Å². The first kappa shape index (κ1) is 14.3. The Hall–Kier alpha value is -1.09. The van der Waals surface area contributed by atoms with Crippen LogP contribution in [0.4, 0.5) is 0 Å². The van der Waals surface area contributed by atoms with Gasteiger partial charge in [0.25, 0.3) is 0 Å². The van der Waals surface area contributed by atoms with Gasteiger partial charge in [-0.3, -0.25) is 4.98 Å². The van der Waals surface area contributed by atoms with Gasteiger partial charge in [-0.25, -0.2) is 0 Å². The summed E-state index contributed by atoms with van der Waals surface area (Å²) in [5.74, 6) is 1.75. The zero-order chi connectivity index (χ0) is 13.7. The molecule has 0 bridgehead atoms. The molecule has 1 heterocycles. The fourth-order valence-electron chi connectivity index (χ4n) is 2.55. The highest BCUT2D eigenvalue weighted by atomic mass is 16.5. The second kappa shape index (κ2) is 6.90. The minimum absolute atomic E-state index is 0.208. The van der Waals surface area contributed by atoms with Gasteiger partial charge in [0.15, 0.2) is 0 Å². The van der Waals surface area contributed by atoms with Crippen LogP contribution in [0.15, 0.2) is 18.3 Å². The van der Waals surface area contributed by atoms with Gasteiger partial charge in [-0.1, -0.05) is 13.8 Å². The summed E-state index contributed by atoms with van der Waals surface area (Å²) in [5, 5.41) is 0. The van der Waals surface area contributed by atoms with Crippen LogP contribution in [0, 0.1) is 5.92 Å². The lowest BCUT2D eigenvalue weighted by atomic mass is 9.89. The van der Waals surface area contributed by atoms with Crippen molar-refractivity contribution < 1.29 is 4.74 Å². The van der Waals surface area contributed by atoms with Crippen LogP contribution < -0.4 is 10.5 Å². The maximum absolute atomic E-state index is 6.00. The van der Waals surface area contributed by atoms with E-state index in [2.05, 4.69) is 18.8 Å². The Morgan fingerprint density at radius 2 is 2.05 bits per heavy atom. The van der Waals surface area contributed by atoms with Crippen molar-refractivity contribution in [3.63, 3.8) is 0 Å². The zero-order valence-corrected chi connectivity index (χ0v) is 12.1. The monoisotopic (exact) mass is 262 g/mol. The molecule has 1 saturated carbocycles. The van der Waals surface area contributed by atoms with E-state index < -0.39 is 0 Å². The molecule has 1 aliphatic rings. The van der Waals surface area contributed by atoms with E-state index in [1.807, 2.05) is 18.3 Å². The van der Waals surface area contributed by atoms with E-state index >= 15 is 0 Å². The quantitative estimate of drug-likeness (QED) is 0.885. The van der Waals surface area contributed by atoms with E-state index in [1.54, 1.807) is 0 Å². The molecule has 0 amide bonds. The largest absolute Gasteiger partial charge is 0.489 e. The molecule has 0 aromatic carbocycles. The summed E-state index contributed by atoms with van der Waals surface area (Å²) >= 11 is 0. The summed E-state index contributed by atoms with van der Waals surface area (Å²) in [6.45, 7) is 4.43. The van der Waals surface area contributed by atoms with Gasteiger partial charge >= 0.3 is 0 Å². The molecule has 0 spiro atoms. The van der Waals surface area contributed by atoms with Gasteiger partial charge in [-0.2, -0.15) is 0 Å². The maximum Gasteiger partial charge on any atom is 0.138 e. The number of ether oxygens (including phenoxy) is 1. The number of nitrogens with zero attached hydrogens (tertiary/aromatic N) is 1. The van der Waals surface area contributed by atoms with Gasteiger partial charge in [0.05, 0.1) is 12.3 Å². The smallest absolute Gasteiger partial charge is 0.138 e. The molecule has 3 nitrogen and oxygen atoms in total. The number of hydrogen-bond acceptors (Lipinski definition) is 3. The highest BCUT2D eigenvalue weighted by Gasteiger charge is 2.19. The predicted octanol–water partition coefficient (Wildman–Crippen LogP) is 3.32. The van der Waals surface area contributed by atoms with Gasteiger partial charge in [0.1, 0.15) is 5.75 Å². The first-order chi connectivity index (χ1) is 9.17. The molecule has 3 heteroatoms. The first-order valence-corrected chi connectivity index (χ1v) is 7.54. The Kier molecular flexibility index (Phi) is 5.20. The topological polar surface area (TPSA) is 48.1 Å². The first-order valence-electron chi connectivity index (χ1n) is 7.54. The molecule has 2 rings (SSSR count). The predicted molar refractivity (Wildman–Crippen MR) is 78.3 cm³/mol. The minimum atomic E-state index is 0.208. The molecule has 1 aliphatic carbocycles. The minimum Gasteiger partial charge on any atom is -0.489 e. The second-order valence-corrected chi connectivity index (χ2v) is 5.86. The Bertz CT molecular complexity index is 369. The van der Waals surface area contributed by atoms with Crippen molar-refractivity contribution in [3.05, 3.63) is 24.0 Å². The molecule has 19 heavy (non-hydrogen) atoms. The number of aromatic nitrogens is 1. The van der Waals surface area contributed by atoms with Crippen LogP contribution in [0.3, 0.4) is 0 Å². The van der Waals surface area contributed by atoms with Crippen LogP contribution >= 0.6 is 0 Å². The third kappa shape index (κ3) is 4.50. The van der Waals surface area contributed by atoms with E-state index in [-0.39, 0.29) is 6.04 Å². The normalized spacial score (nSPS) is 25.0. The number of hydrogen-bond donors (Lipinski definition) is 1. The molecular formula is C16H26N2O. The van der Waals surface area contributed by atoms with Crippen LogP contribution in [0.25, 0.3) is 0 Å². The lowest BCUT2D eigenvalue weighted by Gasteiger charge is -2.26. The third-order valence-corrected chi connectivity index (χ3v) is 4.06.